The van der Waals surface area contributed by atoms with Crippen molar-refractivity contribution >= 4 is 32.3 Å². The molecule has 1 N–H and O–H groups in total. The van der Waals surface area contributed by atoms with E-state index in [9.17, 15) is 0 Å². The first-order valence-corrected chi connectivity index (χ1v) is 10.1. The second kappa shape index (κ2) is 6.39. The molecule has 1 aliphatic carbocycles. The monoisotopic (exact) mass is 366 g/mol. The Labute approximate surface area is 155 Å². The molecule has 0 atom stereocenters. The smallest absolute Gasteiger partial charge is 0.214 e. The van der Waals surface area contributed by atoms with Gasteiger partial charge in [0.15, 0.2) is 0 Å². The third-order valence-electron chi connectivity index (χ3n) is 5.31. The molecule has 3 heterocycles. The van der Waals surface area contributed by atoms with Crippen molar-refractivity contribution in [3.8, 4) is 0 Å². The van der Waals surface area contributed by atoms with Crippen molar-refractivity contribution in [2.24, 2.45) is 7.05 Å². The van der Waals surface area contributed by atoms with Crippen LogP contribution in [0.4, 0.5) is 5.13 Å². The van der Waals surface area contributed by atoms with Crippen molar-refractivity contribution in [2.45, 2.75) is 38.0 Å². The number of rotatable bonds is 5. The number of hydrogen-bond donors (Lipinski definition) is 1. The van der Waals surface area contributed by atoms with Crippen molar-refractivity contribution in [3.63, 3.8) is 0 Å². The molecule has 6 nitrogen and oxygen atoms in total. The van der Waals surface area contributed by atoms with Crippen LogP contribution in [-0.2, 0) is 13.5 Å². The summed E-state index contributed by atoms with van der Waals surface area (Å²) in [5.41, 5.74) is 3.52. The van der Waals surface area contributed by atoms with Gasteiger partial charge in [-0.2, -0.15) is 5.10 Å². The highest BCUT2D eigenvalue weighted by atomic mass is 32.1. The molecule has 7 heteroatoms. The van der Waals surface area contributed by atoms with Gasteiger partial charge >= 0.3 is 0 Å². The van der Waals surface area contributed by atoms with Crippen LogP contribution in [-0.4, -0.2) is 30.9 Å². The summed E-state index contributed by atoms with van der Waals surface area (Å²) in [6.45, 7) is 0.813. The number of hydrogen-bond acceptors (Lipinski definition) is 5. The van der Waals surface area contributed by atoms with Gasteiger partial charge in [-0.05, 0) is 18.9 Å². The highest BCUT2D eigenvalue weighted by Gasteiger charge is 2.21. The number of benzene rings is 1. The van der Waals surface area contributed by atoms with E-state index in [4.69, 9.17) is 4.98 Å². The Bertz CT molecular complexity index is 1020. The number of para-hydroxylation sites is 1. The fourth-order valence-corrected chi connectivity index (χ4v) is 4.78. The Hall–Kier alpha value is -2.41. The van der Waals surface area contributed by atoms with E-state index in [1.807, 2.05) is 16.2 Å². The van der Waals surface area contributed by atoms with Gasteiger partial charge < -0.3 is 5.32 Å². The number of aryl methyl sites for hydroxylation is 1. The average Bonchev–Trinajstić information content (AvgIpc) is 3.39. The zero-order valence-corrected chi connectivity index (χ0v) is 15.7. The van der Waals surface area contributed by atoms with Gasteiger partial charge in [0.25, 0.3) is 0 Å². The Morgan fingerprint density at radius 1 is 1.19 bits per heavy atom. The molecular weight excluding hydrogens is 344 g/mol. The van der Waals surface area contributed by atoms with Gasteiger partial charge in [-0.15, -0.1) is 5.10 Å². The number of imidazole rings is 1. The normalized spacial score (nSPS) is 15.4. The van der Waals surface area contributed by atoms with E-state index in [0.29, 0.717) is 5.92 Å². The van der Waals surface area contributed by atoms with Crippen LogP contribution in [0.1, 0.15) is 43.0 Å². The summed E-state index contributed by atoms with van der Waals surface area (Å²) in [5, 5.41) is 14.9. The van der Waals surface area contributed by atoms with Crippen molar-refractivity contribution in [2.75, 3.05) is 11.9 Å². The van der Waals surface area contributed by atoms with Crippen molar-refractivity contribution in [1.29, 1.82) is 0 Å². The minimum atomic E-state index is 0.637. The maximum Gasteiger partial charge on any atom is 0.214 e. The molecule has 26 heavy (non-hydrogen) atoms. The number of fused-ring (bicyclic) bond motifs is 2. The largest absolute Gasteiger partial charge is 0.360 e. The molecule has 4 aromatic rings. The van der Waals surface area contributed by atoms with E-state index in [1.165, 1.54) is 42.3 Å². The third-order valence-corrected chi connectivity index (χ3v) is 6.19. The molecule has 5 rings (SSSR count). The summed E-state index contributed by atoms with van der Waals surface area (Å²) in [6, 6.07) is 8.37. The zero-order valence-electron chi connectivity index (χ0n) is 14.9. The quantitative estimate of drug-likeness (QED) is 0.580. The molecule has 3 aromatic heterocycles. The molecule has 0 spiro atoms. The van der Waals surface area contributed by atoms with Gasteiger partial charge in [0.05, 0.1) is 23.1 Å². The number of aromatic nitrogens is 5. The molecule has 0 radical (unpaired) electrons. The van der Waals surface area contributed by atoms with E-state index in [2.05, 4.69) is 46.0 Å². The van der Waals surface area contributed by atoms with Gasteiger partial charge in [0.1, 0.15) is 0 Å². The van der Waals surface area contributed by atoms with Gasteiger partial charge in [-0.3, -0.25) is 4.68 Å². The van der Waals surface area contributed by atoms with Crippen LogP contribution >= 0.6 is 11.3 Å². The van der Waals surface area contributed by atoms with Gasteiger partial charge in [-0.1, -0.05) is 42.4 Å². The summed E-state index contributed by atoms with van der Waals surface area (Å²) in [6.07, 6.45) is 8.19. The van der Waals surface area contributed by atoms with Gasteiger partial charge in [-0.25, -0.2) is 9.50 Å². The Morgan fingerprint density at radius 2 is 2.04 bits per heavy atom. The summed E-state index contributed by atoms with van der Waals surface area (Å²) in [5.74, 6) is 0.637. The van der Waals surface area contributed by atoms with Crippen LogP contribution in [0.25, 0.3) is 15.9 Å². The highest BCUT2D eigenvalue weighted by molar-refractivity contribution is 7.20. The van der Waals surface area contributed by atoms with E-state index < -0.39 is 0 Å². The predicted molar refractivity (Wildman–Crippen MR) is 105 cm³/mol. The minimum Gasteiger partial charge on any atom is -0.360 e. The first-order valence-electron chi connectivity index (χ1n) is 9.28. The lowest BCUT2D eigenvalue weighted by Crippen LogP contribution is -2.06. The van der Waals surface area contributed by atoms with Crippen molar-refractivity contribution in [1.82, 2.24) is 24.4 Å². The molecule has 0 amide bonds. The van der Waals surface area contributed by atoms with Crippen molar-refractivity contribution < 1.29 is 0 Å². The molecule has 134 valence electrons. The van der Waals surface area contributed by atoms with E-state index >= 15 is 0 Å². The van der Waals surface area contributed by atoms with Crippen LogP contribution < -0.4 is 5.32 Å². The Morgan fingerprint density at radius 3 is 2.88 bits per heavy atom. The zero-order chi connectivity index (χ0) is 17.5. The van der Waals surface area contributed by atoms with Gasteiger partial charge in [0, 0.05) is 31.3 Å². The van der Waals surface area contributed by atoms with Crippen molar-refractivity contribution in [3.05, 3.63) is 41.9 Å². The summed E-state index contributed by atoms with van der Waals surface area (Å²) in [4.78, 5) is 5.77. The minimum absolute atomic E-state index is 0.637. The predicted octanol–water partition coefficient (Wildman–Crippen LogP) is 3.99. The molecule has 1 fully saturated rings. The van der Waals surface area contributed by atoms with Crippen LogP contribution in [0.2, 0.25) is 0 Å². The highest BCUT2D eigenvalue weighted by Crippen LogP contribution is 2.34. The SMILES string of the molecule is Cn1nc(CCNc2nn3cc(C4CCCC4)nc3s2)c2ccccc21. The van der Waals surface area contributed by atoms with Crippen LogP contribution in [0.3, 0.4) is 0 Å². The molecule has 1 aromatic carbocycles. The second-order valence-electron chi connectivity index (χ2n) is 7.05. The van der Waals surface area contributed by atoms with E-state index in [1.54, 1.807) is 11.3 Å². The second-order valence-corrected chi connectivity index (χ2v) is 8.00. The van der Waals surface area contributed by atoms with Crippen LogP contribution in [0, 0.1) is 0 Å². The molecule has 0 bridgehead atoms. The number of nitrogens with one attached hydrogen (secondary N) is 1. The Balaban J connectivity index is 1.27. The summed E-state index contributed by atoms with van der Waals surface area (Å²) < 4.78 is 3.88. The van der Waals surface area contributed by atoms with Gasteiger partial charge in [0.2, 0.25) is 10.1 Å². The molecular formula is C19H22N6S. The third kappa shape index (κ3) is 2.76. The molecule has 0 unspecified atom stereocenters. The maximum atomic E-state index is 4.79. The van der Waals surface area contributed by atoms with Crippen LogP contribution in [0.15, 0.2) is 30.5 Å². The molecule has 1 saturated carbocycles. The fraction of sp³-hybridized carbons (Fsp3) is 0.421. The fourth-order valence-electron chi connectivity index (χ4n) is 3.97. The maximum absolute atomic E-state index is 4.79. The molecule has 1 aliphatic rings. The number of anilines is 1. The lowest BCUT2D eigenvalue weighted by molar-refractivity contribution is 0.702. The standard InChI is InChI=1S/C19H22N6S/c1-24-17-9-5-4-8-14(17)15(22-24)10-11-20-18-23-25-12-16(21-19(25)26-18)13-6-2-3-7-13/h4-5,8-9,12-13H,2-3,6-7,10-11H2,1H3,(H,20,23). The first-order chi connectivity index (χ1) is 12.8. The summed E-state index contributed by atoms with van der Waals surface area (Å²) >= 11 is 1.62. The summed E-state index contributed by atoms with van der Waals surface area (Å²) in [7, 11) is 2.00. The average molecular weight is 366 g/mol. The first kappa shape index (κ1) is 15.8. The van der Waals surface area contributed by atoms with E-state index in [-0.39, 0.29) is 0 Å². The van der Waals surface area contributed by atoms with E-state index in [0.717, 1.165) is 28.8 Å². The lowest BCUT2D eigenvalue weighted by Gasteiger charge is -2.02. The Kier molecular flexibility index (Phi) is 3.89. The van der Waals surface area contributed by atoms with Crippen LogP contribution in [0.5, 0.6) is 0 Å². The molecule has 0 saturated heterocycles. The lowest BCUT2D eigenvalue weighted by atomic mass is 10.1. The molecule has 0 aliphatic heterocycles. The topological polar surface area (TPSA) is 60.0 Å². The number of nitrogens with zero attached hydrogens (tertiary/aromatic N) is 5.